The van der Waals surface area contributed by atoms with Crippen molar-refractivity contribution >= 4 is 12.0 Å². The first kappa shape index (κ1) is 8.68. The zero-order valence-electron chi connectivity index (χ0n) is 7.79. The van der Waals surface area contributed by atoms with Crippen LogP contribution in [0.5, 0.6) is 0 Å². The Balaban J connectivity index is 2.49. The van der Waals surface area contributed by atoms with E-state index in [0.29, 0.717) is 11.4 Å². The number of carbonyl (C=O) groups excluding carboxylic acids is 1. The summed E-state index contributed by atoms with van der Waals surface area (Å²) in [6, 6.07) is 0. The molecule has 0 saturated carbocycles. The molecule has 0 aliphatic carbocycles. The smallest absolute Gasteiger partial charge is 0.168 e. The summed E-state index contributed by atoms with van der Waals surface area (Å²) < 4.78 is 0. The van der Waals surface area contributed by atoms with Crippen molar-refractivity contribution in [3.8, 4) is 0 Å². The van der Waals surface area contributed by atoms with Gasteiger partial charge >= 0.3 is 0 Å². The van der Waals surface area contributed by atoms with Crippen molar-refractivity contribution < 1.29 is 4.79 Å². The van der Waals surface area contributed by atoms with E-state index in [9.17, 15) is 4.79 Å². The highest BCUT2D eigenvalue weighted by molar-refractivity contribution is 5.85. The number of likely N-dealkylation sites (N-methyl/N-ethyl adjacent to an activating group) is 1. The van der Waals surface area contributed by atoms with Gasteiger partial charge in [0.15, 0.2) is 6.29 Å². The average molecular weight is 190 g/mol. The van der Waals surface area contributed by atoms with Crippen molar-refractivity contribution in [2.45, 2.75) is 0 Å². The predicted molar refractivity (Wildman–Crippen MR) is 51.1 cm³/mol. The molecule has 0 saturated heterocycles. The van der Waals surface area contributed by atoms with Crippen LogP contribution in [-0.2, 0) is 4.79 Å². The maximum Gasteiger partial charge on any atom is 0.168 e. The molecule has 0 N–H and O–H groups in total. The first-order valence-corrected chi connectivity index (χ1v) is 4.27. The Labute approximate surface area is 81.3 Å². The third-order valence-electron chi connectivity index (χ3n) is 2.07. The Hall–Kier alpha value is -1.91. The van der Waals surface area contributed by atoms with Crippen LogP contribution in [0.25, 0.3) is 5.70 Å². The fraction of sp³-hybridized carbons (Fsp3) is 0.222. The van der Waals surface area contributed by atoms with Crippen LogP contribution in [0.4, 0.5) is 0 Å². The normalized spacial score (nSPS) is 16.2. The standard InChI is InChI=1S/C9H10N4O/c1-12-6-2-3-8(9(12)7-14)13-10-4-5-11-13/h2-5,7H,6H2,1H3. The van der Waals surface area contributed by atoms with Gasteiger partial charge in [-0.3, -0.25) is 4.79 Å². The van der Waals surface area contributed by atoms with Gasteiger partial charge in [-0.1, -0.05) is 6.08 Å². The van der Waals surface area contributed by atoms with Gasteiger partial charge in [0, 0.05) is 13.6 Å². The van der Waals surface area contributed by atoms with Crippen LogP contribution < -0.4 is 0 Å². The summed E-state index contributed by atoms with van der Waals surface area (Å²) in [6.45, 7) is 0.735. The monoisotopic (exact) mass is 190 g/mol. The molecule has 0 fully saturated rings. The molecule has 14 heavy (non-hydrogen) atoms. The molecular formula is C9H10N4O. The quantitative estimate of drug-likeness (QED) is 0.623. The maximum absolute atomic E-state index is 10.9. The number of hydrogen-bond acceptors (Lipinski definition) is 4. The Kier molecular flexibility index (Phi) is 2.14. The lowest BCUT2D eigenvalue weighted by molar-refractivity contribution is -0.106. The summed E-state index contributed by atoms with van der Waals surface area (Å²) in [5.74, 6) is 0. The van der Waals surface area contributed by atoms with Crippen LogP contribution in [-0.4, -0.2) is 39.8 Å². The van der Waals surface area contributed by atoms with Gasteiger partial charge in [-0.15, -0.1) is 4.80 Å². The van der Waals surface area contributed by atoms with Crippen LogP contribution in [0, 0.1) is 0 Å². The third kappa shape index (κ3) is 1.32. The van der Waals surface area contributed by atoms with Crippen LogP contribution >= 0.6 is 0 Å². The third-order valence-corrected chi connectivity index (χ3v) is 2.07. The lowest BCUT2D eigenvalue weighted by Crippen LogP contribution is -2.24. The first-order chi connectivity index (χ1) is 6.83. The van der Waals surface area contributed by atoms with Crippen molar-refractivity contribution in [3.05, 3.63) is 30.2 Å². The number of rotatable bonds is 2. The first-order valence-electron chi connectivity index (χ1n) is 4.27. The van der Waals surface area contributed by atoms with Crippen molar-refractivity contribution in [2.24, 2.45) is 0 Å². The molecule has 1 aromatic heterocycles. The average Bonchev–Trinajstić information content (AvgIpc) is 2.70. The number of carbonyl (C=O) groups is 1. The summed E-state index contributed by atoms with van der Waals surface area (Å²) in [5.41, 5.74) is 1.31. The van der Waals surface area contributed by atoms with Crippen LogP contribution in [0.2, 0.25) is 0 Å². The Morgan fingerprint density at radius 2 is 2.14 bits per heavy atom. The number of hydrogen-bond donors (Lipinski definition) is 0. The molecule has 0 spiro atoms. The molecule has 0 unspecified atom stereocenters. The summed E-state index contributed by atoms with van der Waals surface area (Å²) in [5, 5.41) is 7.97. The highest BCUT2D eigenvalue weighted by Crippen LogP contribution is 2.15. The molecule has 0 bridgehead atoms. The summed E-state index contributed by atoms with van der Waals surface area (Å²) in [6.07, 6.45) is 7.80. The second-order valence-electron chi connectivity index (χ2n) is 2.99. The lowest BCUT2D eigenvalue weighted by Gasteiger charge is -2.22. The van der Waals surface area contributed by atoms with Crippen LogP contribution in [0.15, 0.2) is 30.2 Å². The van der Waals surface area contributed by atoms with Crippen LogP contribution in [0.1, 0.15) is 0 Å². The minimum atomic E-state index is 0.601. The molecule has 5 nitrogen and oxygen atoms in total. The highest BCUT2D eigenvalue weighted by Gasteiger charge is 2.14. The molecular weight excluding hydrogens is 180 g/mol. The van der Waals surface area contributed by atoms with E-state index in [1.807, 2.05) is 24.1 Å². The van der Waals surface area contributed by atoms with E-state index in [1.165, 1.54) is 4.80 Å². The number of aldehydes is 1. The molecule has 72 valence electrons. The van der Waals surface area contributed by atoms with Crippen molar-refractivity contribution in [3.63, 3.8) is 0 Å². The largest absolute Gasteiger partial charge is 0.366 e. The molecule has 0 amide bonds. The lowest BCUT2D eigenvalue weighted by atomic mass is 10.2. The number of aromatic nitrogens is 3. The molecule has 0 aromatic carbocycles. The topological polar surface area (TPSA) is 51.0 Å². The van der Waals surface area contributed by atoms with Gasteiger partial charge in [0.2, 0.25) is 0 Å². The summed E-state index contributed by atoms with van der Waals surface area (Å²) in [4.78, 5) is 14.2. The number of nitrogens with zero attached hydrogens (tertiary/aromatic N) is 4. The fourth-order valence-corrected chi connectivity index (χ4v) is 1.36. The van der Waals surface area contributed by atoms with E-state index >= 15 is 0 Å². The van der Waals surface area contributed by atoms with Gasteiger partial charge in [0.1, 0.15) is 11.4 Å². The molecule has 1 aliphatic rings. The Morgan fingerprint density at radius 1 is 1.43 bits per heavy atom. The van der Waals surface area contributed by atoms with Gasteiger partial charge in [-0.25, -0.2) is 0 Å². The molecule has 1 aliphatic heterocycles. The molecule has 1 aromatic rings. The minimum Gasteiger partial charge on any atom is -0.366 e. The molecule has 5 heteroatoms. The second kappa shape index (κ2) is 3.45. The van der Waals surface area contributed by atoms with E-state index in [2.05, 4.69) is 10.2 Å². The van der Waals surface area contributed by atoms with E-state index < -0.39 is 0 Å². The summed E-state index contributed by atoms with van der Waals surface area (Å²) in [7, 11) is 1.86. The molecule has 2 heterocycles. The van der Waals surface area contributed by atoms with Gasteiger partial charge in [-0.05, 0) is 6.08 Å². The van der Waals surface area contributed by atoms with Crippen molar-refractivity contribution in [2.75, 3.05) is 13.6 Å². The van der Waals surface area contributed by atoms with Crippen molar-refractivity contribution in [1.29, 1.82) is 0 Å². The van der Waals surface area contributed by atoms with Gasteiger partial charge < -0.3 is 4.90 Å². The fourth-order valence-electron chi connectivity index (χ4n) is 1.36. The van der Waals surface area contributed by atoms with E-state index in [-0.39, 0.29) is 0 Å². The molecule has 2 rings (SSSR count). The zero-order valence-corrected chi connectivity index (χ0v) is 7.79. The van der Waals surface area contributed by atoms with E-state index in [4.69, 9.17) is 0 Å². The Morgan fingerprint density at radius 3 is 2.79 bits per heavy atom. The zero-order chi connectivity index (χ0) is 9.97. The minimum absolute atomic E-state index is 0.601. The summed E-state index contributed by atoms with van der Waals surface area (Å²) >= 11 is 0. The molecule has 0 atom stereocenters. The predicted octanol–water partition coefficient (Wildman–Crippen LogP) is 0.147. The SMILES string of the molecule is CN1CC=CC(n2nccn2)=C1C=O. The maximum atomic E-state index is 10.9. The Bertz CT molecular complexity index is 391. The molecule has 0 radical (unpaired) electrons. The number of allylic oxidation sites excluding steroid dienone is 3. The second-order valence-corrected chi connectivity index (χ2v) is 2.99. The van der Waals surface area contributed by atoms with Crippen LogP contribution in [0.3, 0.4) is 0 Å². The van der Waals surface area contributed by atoms with E-state index in [0.717, 1.165) is 12.8 Å². The van der Waals surface area contributed by atoms with Crippen molar-refractivity contribution in [1.82, 2.24) is 19.9 Å². The van der Waals surface area contributed by atoms with Gasteiger partial charge in [0.25, 0.3) is 0 Å². The van der Waals surface area contributed by atoms with E-state index in [1.54, 1.807) is 12.4 Å². The highest BCUT2D eigenvalue weighted by atomic mass is 16.1. The van der Waals surface area contributed by atoms with Gasteiger partial charge in [0.05, 0.1) is 12.4 Å². The van der Waals surface area contributed by atoms with Gasteiger partial charge in [-0.2, -0.15) is 10.2 Å².